The summed E-state index contributed by atoms with van der Waals surface area (Å²) in [5, 5.41) is 3.40. The van der Waals surface area contributed by atoms with Gasteiger partial charge in [0.05, 0.1) is 6.04 Å². The quantitative estimate of drug-likeness (QED) is 0.880. The summed E-state index contributed by atoms with van der Waals surface area (Å²) in [6, 6.07) is 9.01. The van der Waals surface area contributed by atoms with Gasteiger partial charge in [0.25, 0.3) is 0 Å². The van der Waals surface area contributed by atoms with Crippen molar-refractivity contribution in [3.05, 3.63) is 35.4 Å². The van der Waals surface area contributed by atoms with Gasteiger partial charge in [0.1, 0.15) is 0 Å². The van der Waals surface area contributed by atoms with E-state index in [4.69, 9.17) is 0 Å². The Kier molecular flexibility index (Phi) is 7.57. The predicted octanol–water partition coefficient (Wildman–Crippen LogP) is 4.25. The van der Waals surface area contributed by atoms with Gasteiger partial charge >= 0.3 is 0 Å². The maximum absolute atomic E-state index is 12.9. The molecular formula is C20H31ClN2O. The van der Waals surface area contributed by atoms with Crippen LogP contribution in [0.15, 0.2) is 24.3 Å². The molecule has 2 atom stereocenters. The molecule has 2 saturated heterocycles. The smallest absolute Gasteiger partial charge is 0.223 e. The predicted molar refractivity (Wildman–Crippen MR) is 102 cm³/mol. The Hall–Kier alpha value is -1.06. The van der Waals surface area contributed by atoms with E-state index in [1.165, 1.54) is 30.4 Å². The van der Waals surface area contributed by atoms with Gasteiger partial charge in [-0.05, 0) is 57.2 Å². The van der Waals surface area contributed by atoms with Gasteiger partial charge in [-0.1, -0.05) is 42.7 Å². The minimum absolute atomic E-state index is 0. The summed E-state index contributed by atoms with van der Waals surface area (Å²) in [7, 11) is 0. The Bertz CT molecular complexity index is 528. The fourth-order valence-corrected chi connectivity index (χ4v) is 4.06. The van der Waals surface area contributed by atoms with Crippen LogP contribution in [0, 0.1) is 12.8 Å². The summed E-state index contributed by atoms with van der Waals surface area (Å²) in [4.78, 5) is 15.1. The van der Waals surface area contributed by atoms with Gasteiger partial charge in [-0.25, -0.2) is 0 Å². The van der Waals surface area contributed by atoms with Crippen LogP contribution in [0.2, 0.25) is 0 Å². The molecule has 1 aromatic rings. The maximum atomic E-state index is 12.9. The molecule has 2 unspecified atom stereocenters. The fourth-order valence-electron chi connectivity index (χ4n) is 4.06. The molecule has 0 radical (unpaired) electrons. The Morgan fingerprint density at radius 3 is 2.88 bits per heavy atom. The van der Waals surface area contributed by atoms with Gasteiger partial charge in [0, 0.05) is 13.0 Å². The van der Waals surface area contributed by atoms with Gasteiger partial charge in [-0.3, -0.25) is 4.79 Å². The van der Waals surface area contributed by atoms with E-state index in [2.05, 4.69) is 41.4 Å². The van der Waals surface area contributed by atoms with Crippen molar-refractivity contribution in [2.75, 3.05) is 19.6 Å². The number of halogens is 1. The minimum atomic E-state index is 0. The maximum Gasteiger partial charge on any atom is 0.223 e. The number of benzene rings is 1. The molecule has 1 amide bonds. The molecule has 1 N–H and O–H groups in total. The lowest BCUT2D eigenvalue weighted by Crippen LogP contribution is -2.35. The van der Waals surface area contributed by atoms with Crippen molar-refractivity contribution in [2.24, 2.45) is 5.92 Å². The van der Waals surface area contributed by atoms with E-state index >= 15 is 0 Å². The first-order chi connectivity index (χ1) is 11.2. The molecule has 2 aliphatic heterocycles. The topological polar surface area (TPSA) is 32.3 Å². The number of nitrogens with zero attached hydrogens (tertiary/aromatic N) is 1. The Balaban J connectivity index is 0.00000208. The molecule has 4 heteroatoms. The number of rotatable bonds is 4. The third kappa shape index (κ3) is 4.97. The lowest BCUT2D eigenvalue weighted by molar-refractivity contribution is -0.134. The summed E-state index contributed by atoms with van der Waals surface area (Å²) in [5.41, 5.74) is 2.61. The number of carbonyl (C=O) groups excluding carboxylic acids is 1. The number of aryl methyl sites for hydroxylation is 1. The van der Waals surface area contributed by atoms with Crippen molar-refractivity contribution in [3.8, 4) is 0 Å². The first kappa shape index (κ1) is 19.3. The molecule has 3 nitrogen and oxygen atoms in total. The molecule has 2 heterocycles. The Labute approximate surface area is 152 Å². The zero-order valence-electron chi connectivity index (χ0n) is 14.8. The SMILES string of the molecule is Cc1cccc(C2CCCCCN2C(=O)CCC2CCNC2)c1.Cl. The third-order valence-corrected chi connectivity index (χ3v) is 5.43. The van der Waals surface area contributed by atoms with E-state index < -0.39 is 0 Å². The van der Waals surface area contributed by atoms with Gasteiger partial charge in [-0.15, -0.1) is 12.4 Å². The number of hydrogen-bond acceptors (Lipinski definition) is 2. The highest BCUT2D eigenvalue weighted by Crippen LogP contribution is 2.31. The number of nitrogens with one attached hydrogen (secondary N) is 1. The van der Waals surface area contributed by atoms with Gasteiger partial charge in [-0.2, -0.15) is 0 Å². The molecular weight excluding hydrogens is 320 g/mol. The summed E-state index contributed by atoms with van der Waals surface area (Å²) in [6.07, 6.45) is 7.74. The van der Waals surface area contributed by atoms with Crippen LogP contribution in [0.3, 0.4) is 0 Å². The first-order valence-electron chi connectivity index (χ1n) is 9.31. The second-order valence-corrected chi connectivity index (χ2v) is 7.26. The molecule has 0 aromatic heterocycles. The van der Waals surface area contributed by atoms with Crippen LogP contribution < -0.4 is 5.32 Å². The molecule has 134 valence electrons. The molecule has 0 spiro atoms. The fraction of sp³-hybridized carbons (Fsp3) is 0.650. The van der Waals surface area contributed by atoms with Crippen molar-refractivity contribution >= 4 is 18.3 Å². The monoisotopic (exact) mass is 350 g/mol. The number of carbonyl (C=O) groups is 1. The van der Waals surface area contributed by atoms with Crippen LogP contribution in [0.1, 0.15) is 62.1 Å². The van der Waals surface area contributed by atoms with Crippen molar-refractivity contribution in [2.45, 2.75) is 57.9 Å². The molecule has 2 aliphatic rings. The lowest BCUT2D eigenvalue weighted by atomic mass is 9.97. The summed E-state index contributed by atoms with van der Waals surface area (Å²) < 4.78 is 0. The second-order valence-electron chi connectivity index (χ2n) is 7.26. The van der Waals surface area contributed by atoms with Gasteiger partial charge in [0.15, 0.2) is 0 Å². The average Bonchev–Trinajstić information content (AvgIpc) is 2.95. The van der Waals surface area contributed by atoms with Crippen LogP contribution in [-0.4, -0.2) is 30.4 Å². The average molecular weight is 351 g/mol. The summed E-state index contributed by atoms with van der Waals surface area (Å²) in [6.45, 7) is 5.28. The zero-order valence-corrected chi connectivity index (χ0v) is 15.6. The highest BCUT2D eigenvalue weighted by molar-refractivity contribution is 5.85. The normalized spacial score (nSPS) is 24.3. The van der Waals surface area contributed by atoms with E-state index in [-0.39, 0.29) is 18.4 Å². The van der Waals surface area contributed by atoms with E-state index in [0.29, 0.717) is 18.2 Å². The first-order valence-corrected chi connectivity index (χ1v) is 9.31. The zero-order chi connectivity index (χ0) is 16.1. The Morgan fingerprint density at radius 1 is 1.25 bits per heavy atom. The van der Waals surface area contributed by atoms with Crippen molar-refractivity contribution < 1.29 is 4.79 Å². The molecule has 0 aliphatic carbocycles. The minimum Gasteiger partial charge on any atom is -0.336 e. The molecule has 24 heavy (non-hydrogen) atoms. The van der Waals surface area contributed by atoms with Crippen LogP contribution in [0.5, 0.6) is 0 Å². The highest BCUT2D eigenvalue weighted by Gasteiger charge is 2.27. The summed E-state index contributed by atoms with van der Waals surface area (Å²) in [5.74, 6) is 1.06. The van der Waals surface area contributed by atoms with Gasteiger partial charge < -0.3 is 10.2 Å². The molecule has 2 fully saturated rings. The van der Waals surface area contributed by atoms with E-state index in [9.17, 15) is 4.79 Å². The van der Waals surface area contributed by atoms with Crippen LogP contribution in [-0.2, 0) is 4.79 Å². The van der Waals surface area contributed by atoms with Crippen LogP contribution >= 0.6 is 12.4 Å². The van der Waals surface area contributed by atoms with E-state index in [0.717, 1.165) is 38.9 Å². The lowest BCUT2D eigenvalue weighted by Gasteiger charge is -2.31. The number of hydrogen-bond donors (Lipinski definition) is 1. The molecule has 0 saturated carbocycles. The standard InChI is InChI=1S/C20H30N2O.ClH/c1-16-6-5-7-18(14-16)19-8-3-2-4-13-22(19)20(23)10-9-17-11-12-21-15-17;/h5-7,14,17,19,21H,2-4,8-13,15H2,1H3;1H. The molecule has 1 aromatic carbocycles. The van der Waals surface area contributed by atoms with E-state index in [1.54, 1.807) is 0 Å². The van der Waals surface area contributed by atoms with E-state index in [1.807, 2.05) is 0 Å². The van der Waals surface area contributed by atoms with Crippen LogP contribution in [0.25, 0.3) is 0 Å². The molecule has 3 rings (SSSR count). The van der Waals surface area contributed by atoms with Crippen molar-refractivity contribution in [3.63, 3.8) is 0 Å². The number of likely N-dealkylation sites (tertiary alicyclic amines) is 1. The third-order valence-electron chi connectivity index (χ3n) is 5.43. The van der Waals surface area contributed by atoms with Gasteiger partial charge in [0.2, 0.25) is 5.91 Å². The van der Waals surface area contributed by atoms with Crippen molar-refractivity contribution in [1.82, 2.24) is 10.2 Å². The van der Waals surface area contributed by atoms with Crippen molar-refractivity contribution in [1.29, 1.82) is 0 Å². The second kappa shape index (κ2) is 9.43. The molecule has 0 bridgehead atoms. The number of amides is 1. The largest absolute Gasteiger partial charge is 0.336 e. The Morgan fingerprint density at radius 2 is 2.12 bits per heavy atom. The summed E-state index contributed by atoms with van der Waals surface area (Å²) >= 11 is 0. The highest BCUT2D eigenvalue weighted by atomic mass is 35.5. The van der Waals surface area contributed by atoms with Crippen LogP contribution in [0.4, 0.5) is 0 Å².